The van der Waals surface area contributed by atoms with Crippen LogP contribution in [0.25, 0.3) is 10.9 Å². The summed E-state index contributed by atoms with van der Waals surface area (Å²) in [5, 5.41) is 3.21. The Bertz CT molecular complexity index is 1050. The lowest BCUT2D eigenvalue weighted by atomic mass is 10.1. The van der Waals surface area contributed by atoms with Gasteiger partial charge < -0.3 is 9.80 Å². The van der Waals surface area contributed by atoms with Gasteiger partial charge in [-0.25, -0.2) is 9.97 Å². The molecule has 0 radical (unpaired) electrons. The number of rotatable bonds is 5. The maximum absolute atomic E-state index is 11.9. The van der Waals surface area contributed by atoms with Gasteiger partial charge in [0.2, 0.25) is 5.91 Å². The van der Waals surface area contributed by atoms with E-state index in [-0.39, 0.29) is 5.91 Å². The third kappa shape index (κ3) is 4.72. The molecule has 1 aliphatic heterocycles. The van der Waals surface area contributed by atoms with Gasteiger partial charge in [-0.2, -0.15) is 0 Å². The molecule has 4 rings (SSSR count). The van der Waals surface area contributed by atoms with Crippen molar-refractivity contribution in [2.75, 3.05) is 38.1 Å². The lowest BCUT2D eigenvalue weighted by Gasteiger charge is -2.26. The largest absolute Gasteiger partial charge is 0.354 e. The van der Waals surface area contributed by atoms with Crippen molar-refractivity contribution in [3.05, 3.63) is 52.0 Å². The molecule has 1 amide bonds. The average Bonchev–Trinajstić information content (AvgIpc) is 3.17. The summed E-state index contributed by atoms with van der Waals surface area (Å²) in [5.41, 5.74) is 2.18. The zero-order valence-corrected chi connectivity index (χ0v) is 19.7. The number of aryl methyl sites for hydroxylation is 1. The molecule has 1 atom stereocenters. The van der Waals surface area contributed by atoms with Crippen molar-refractivity contribution < 1.29 is 4.79 Å². The molecule has 0 saturated carbocycles. The van der Waals surface area contributed by atoms with Crippen molar-refractivity contribution in [3.63, 3.8) is 0 Å². The summed E-state index contributed by atoms with van der Waals surface area (Å²) in [5.74, 6) is 1.98. The number of fused-ring (bicyclic) bond motifs is 1. The maximum Gasteiger partial charge on any atom is 0.219 e. The molecule has 1 saturated heterocycles. The Balaban J connectivity index is 1.66. The quantitative estimate of drug-likeness (QED) is 0.597. The predicted molar refractivity (Wildman–Crippen MR) is 128 cm³/mol. The Hall–Kier alpha value is -2.51. The summed E-state index contributed by atoms with van der Waals surface area (Å²) in [6, 6.07) is 10.9. The summed E-state index contributed by atoms with van der Waals surface area (Å²) in [6.07, 6.45) is 0.946. The Labute approximate surface area is 188 Å². The molecule has 0 aliphatic carbocycles. The van der Waals surface area contributed by atoms with E-state index in [1.807, 2.05) is 4.90 Å². The highest BCUT2D eigenvalue weighted by Crippen LogP contribution is 2.29. The number of thiophene rings is 1. The Kier molecular flexibility index (Phi) is 6.53. The molecule has 0 N–H and O–H groups in total. The van der Waals surface area contributed by atoms with Crippen LogP contribution in [0.2, 0.25) is 0 Å². The molecule has 7 heteroatoms. The minimum Gasteiger partial charge on any atom is -0.354 e. The number of hydrogen-bond donors (Lipinski definition) is 0. The van der Waals surface area contributed by atoms with Crippen LogP contribution in [0.3, 0.4) is 0 Å². The zero-order valence-electron chi connectivity index (χ0n) is 18.8. The Morgan fingerprint density at radius 2 is 2.00 bits per heavy atom. The molecule has 3 heterocycles. The van der Waals surface area contributed by atoms with Crippen molar-refractivity contribution >= 4 is 34.0 Å². The normalized spacial score (nSPS) is 16.0. The number of amides is 1. The first kappa shape index (κ1) is 21.7. The van der Waals surface area contributed by atoms with Gasteiger partial charge in [0.05, 0.1) is 12.1 Å². The molecule has 31 heavy (non-hydrogen) atoms. The Morgan fingerprint density at radius 1 is 1.16 bits per heavy atom. The van der Waals surface area contributed by atoms with E-state index in [2.05, 4.69) is 66.4 Å². The highest BCUT2D eigenvalue weighted by atomic mass is 32.1. The number of nitrogens with zero attached hydrogens (tertiary/aromatic N) is 5. The smallest absolute Gasteiger partial charge is 0.219 e. The lowest BCUT2D eigenvalue weighted by Crippen LogP contribution is -2.34. The molecule has 1 aliphatic rings. The van der Waals surface area contributed by atoms with Gasteiger partial charge in [-0.3, -0.25) is 9.69 Å². The second-order valence-electron chi connectivity index (χ2n) is 8.39. The van der Waals surface area contributed by atoms with Gasteiger partial charge in [0.25, 0.3) is 0 Å². The van der Waals surface area contributed by atoms with Crippen LogP contribution in [0.4, 0.5) is 5.82 Å². The molecule has 164 valence electrons. The van der Waals surface area contributed by atoms with Crippen molar-refractivity contribution in [1.29, 1.82) is 0 Å². The second-order valence-corrected chi connectivity index (χ2v) is 9.37. The van der Waals surface area contributed by atoms with Crippen molar-refractivity contribution in [2.45, 2.75) is 39.8 Å². The minimum atomic E-state index is 0.148. The van der Waals surface area contributed by atoms with E-state index in [0.717, 1.165) is 60.7 Å². The fraction of sp³-hybridized carbons (Fsp3) is 0.458. The van der Waals surface area contributed by atoms with Crippen LogP contribution in [0.1, 0.15) is 42.6 Å². The summed E-state index contributed by atoms with van der Waals surface area (Å²) in [7, 11) is 2.13. The van der Waals surface area contributed by atoms with Gasteiger partial charge in [-0.15, -0.1) is 11.3 Å². The van der Waals surface area contributed by atoms with Gasteiger partial charge in [0.1, 0.15) is 11.6 Å². The summed E-state index contributed by atoms with van der Waals surface area (Å²) >= 11 is 1.78. The average molecular weight is 438 g/mol. The van der Waals surface area contributed by atoms with Crippen molar-refractivity contribution in [2.24, 2.45) is 0 Å². The fourth-order valence-corrected chi connectivity index (χ4v) is 5.03. The molecule has 0 unspecified atom stereocenters. The topological polar surface area (TPSA) is 52.6 Å². The number of carbonyl (C=O) groups is 1. The van der Waals surface area contributed by atoms with E-state index in [1.165, 1.54) is 4.88 Å². The van der Waals surface area contributed by atoms with Gasteiger partial charge in [0, 0.05) is 49.4 Å². The van der Waals surface area contributed by atoms with Crippen LogP contribution < -0.4 is 4.90 Å². The monoisotopic (exact) mass is 437 g/mol. The van der Waals surface area contributed by atoms with Gasteiger partial charge in [-0.1, -0.05) is 18.2 Å². The van der Waals surface area contributed by atoms with Crippen molar-refractivity contribution in [1.82, 2.24) is 19.8 Å². The standard InChI is InChI=1S/C24H31N5OS/c1-17-8-5-9-20-23(17)25-22(16-27(4)18(2)21-10-6-15-31-21)26-24(20)29-12-7-11-28(13-14-29)19(3)30/h5-6,8-10,15,18H,7,11-14,16H2,1-4H3/t18-/m0/s1. The SMILES string of the molecule is CC(=O)N1CCCN(c2nc(CN(C)[C@@H](C)c3cccs3)nc3c(C)cccc23)CC1. The van der Waals surface area contributed by atoms with E-state index < -0.39 is 0 Å². The first-order chi connectivity index (χ1) is 14.9. The molecule has 1 aromatic carbocycles. The number of carbonyl (C=O) groups excluding carboxylic acids is 1. The third-order valence-electron chi connectivity index (χ3n) is 6.20. The minimum absolute atomic E-state index is 0.148. The van der Waals surface area contributed by atoms with Crippen LogP contribution in [-0.4, -0.2) is 58.9 Å². The first-order valence-electron chi connectivity index (χ1n) is 10.9. The number of aromatic nitrogens is 2. The number of anilines is 1. The molecular formula is C24H31N5OS. The third-order valence-corrected chi connectivity index (χ3v) is 7.24. The zero-order chi connectivity index (χ0) is 22.0. The van der Waals surface area contributed by atoms with E-state index in [0.29, 0.717) is 12.6 Å². The van der Waals surface area contributed by atoms with Crippen LogP contribution >= 0.6 is 11.3 Å². The first-order valence-corrected chi connectivity index (χ1v) is 11.8. The number of benzene rings is 1. The Morgan fingerprint density at radius 3 is 2.74 bits per heavy atom. The molecular weight excluding hydrogens is 406 g/mol. The second kappa shape index (κ2) is 9.32. The molecule has 2 aromatic heterocycles. The van der Waals surface area contributed by atoms with E-state index in [1.54, 1.807) is 18.3 Å². The van der Waals surface area contributed by atoms with E-state index in [9.17, 15) is 4.79 Å². The summed E-state index contributed by atoms with van der Waals surface area (Å²) in [6.45, 7) is 9.90. The highest BCUT2D eigenvalue weighted by Gasteiger charge is 2.22. The number of para-hydroxylation sites is 1. The number of hydrogen-bond acceptors (Lipinski definition) is 6. The van der Waals surface area contributed by atoms with Crippen molar-refractivity contribution in [3.8, 4) is 0 Å². The van der Waals surface area contributed by atoms with Crippen LogP contribution in [0.5, 0.6) is 0 Å². The van der Waals surface area contributed by atoms with Gasteiger partial charge in [-0.05, 0) is 50.4 Å². The molecule has 0 bridgehead atoms. The van der Waals surface area contributed by atoms with Crippen LogP contribution in [0, 0.1) is 6.92 Å². The van der Waals surface area contributed by atoms with E-state index >= 15 is 0 Å². The summed E-state index contributed by atoms with van der Waals surface area (Å²) in [4.78, 5) is 29.8. The van der Waals surface area contributed by atoms with Crippen LogP contribution in [-0.2, 0) is 11.3 Å². The van der Waals surface area contributed by atoms with Gasteiger partial charge in [0.15, 0.2) is 0 Å². The summed E-state index contributed by atoms with van der Waals surface area (Å²) < 4.78 is 0. The molecule has 1 fully saturated rings. The lowest BCUT2D eigenvalue weighted by molar-refractivity contribution is -0.128. The molecule has 0 spiro atoms. The van der Waals surface area contributed by atoms with E-state index in [4.69, 9.17) is 9.97 Å². The fourth-order valence-electron chi connectivity index (χ4n) is 4.19. The maximum atomic E-state index is 11.9. The van der Waals surface area contributed by atoms with Crippen LogP contribution in [0.15, 0.2) is 35.7 Å². The molecule has 3 aromatic rings. The molecule has 6 nitrogen and oxygen atoms in total. The van der Waals surface area contributed by atoms with Gasteiger partial charge >= 0.3 is 0 Å². The highest BCUT2D eigenvalue weighted by molar-refractivity contribution is 7.10. The predicted octanol–water partition coefficient (Wildman–Crippen LogP) is 4.25.